The number of nitrogens with zero attached hydrogens (tertiary/aromatic N) is 1. The lowest BCUT2D eigenvalue weighted by molar-refractivity contribution is -0.152. The lowest BCUT2D eigenvalue weighted by Gasteiger charge is -2.31. The van der Waals surface area contributed by atoms with E-state index < -0.39 is 17.8 Å². The predicted molar refractivity (Wildman–Crippen MR) is 72.1 cm³/mol. The average Bonchev–Trinajstić information content (AvgIpc) is 2.65. The summed E-state index contributed by atoms with van der Waals surface area (Å²) in [6.07, 6.45) is 1.21. The third kappa shape index (κ3) is 2.89. The highest BCUT2D eigenvalue weighted by Crippen LogP contribution is 2.35. The van der Waals surface area contributed by atoms with Crippen LogP contribution in [-0.2, 0) is 16.1 Å². The monoisotopic (exact) mass is 348 g/mol. The highest BCUT2D eigenvalue weighted by Gasteiger charge is 2.41. The minimum atomic E-state index is -0.896. The molecule has 1 saturated carbocycles. The van der Waals surface area contributed by atoms with Gasteiger partial charge in [0.1, 0.15) is 0 Å². The normalized spacial score (nSPS) is 21.6. The maximum atomic E-state index is 11.9. The maximum Gasteiger partial charge on any atom is 0.307 e. The Morgan fingerprint density at radius 3 is 2.68 bits per heavy atom. The summed E-state index contributed by atoms with van der Waals surface area (Å²) in [6, 6.07) is 0. The number of rotatable bonds is 5. The molecule has 0 bridgehead atoms. The van der Waals surface area contributed by atoms with E-state index in [1.165, 1.54) is 18.6 Å². The molecule has 1 fully saturated rings. The number of carboxylic acid groups (broad SMARTS) is 1. The summed E-state index contributed by atoms with van der Waals surface area (Å²) in [5.41, 5.74) is 0. The first kappa shape index (κ1) is 14.3. The van der Waals surface area contributed by atoms with E-state index >= 15 is 0 Å². The van der Waals surface area contributed by atoms with Crippen LogP contribution in [0.4, 0.5) is 0 Å². The Morgan fingerprint density at radius 1 is 1.53 bits per heavy atom. The van der Waals surface area contributed by atoms with Crippen LogP contribution in [0.15, 0.2) is 4.47 Å². The van der Waals surface area contributed by atoms with Gasteiger partial charge in [0.15, 0.2) is 0 Å². The van der Waals surface area contributed by atoms with Crippen LogP contribution in [-0.4, -0.2) is 28.5 Å². The Kier molecular flexibility index (Phi) is 4.41. The zero-order valence-electron chi connectivity index (χ0n) is 10.2. The van der Waals surface area contributed by atoms with Gasteiger partial charge >= 0.3 is 5.97 Å². The molecule has 0 spiro atoms. The molecule has 6 nitrogen and oxygen atoms in total. The number of aliphatic carboxylic acids is 1. The number of carbonyl (C=O) groups excluding carboxylic acids is 1. The topological polar surface area (TPSA) is 88.5 Å². The predicted octanol–water partition coefficient (Wildman–Crippen LogP) is 1.64. The minimum absolute atomic E-state index is 0.210. The highest BCUT2D eigenvalue weighted by molar-refractivity contribution is 9.10. The average molecular weight is 349 g/mol. The molecular weight excluding hydrogens is 336 g/mol. The van der Waals surface area contributed by atoms with Crippen molar-refractivity contribution in [2.75, 3.05) is 7.11 Å². The van der Waals surface area contributed by atoms with E-state index in [0.717, 1.165) is 9.35 Å². The van der Waals surface area contributed by atoms with Gasteiger partial charge in [0, 0.05) is 0 Å². The van der Waals surface area contributed by atoms with Crippen molar-refractivity contribution in [1.29, 1.82) is 0 Å². The van der Waals surface area contributed by atoms with Gasteiger partial charge in [-0.1, -0.05) is 0 Å². The molecule has 0 radical (unpaired) electrons. The van der Waals surface area contributed by atoms with Gasteiger partial charge in [0.05, 0.1) is 34.8 Å². The largest absolute Gasteiger partial charge is 0.481 e. The molecule has 8 heteroatoms. The maximum absolute atomic E-state index is 11.9. The lowest BCUT2D eigenvalue weighted by atomic mass is 9.73. The molecule has 1 aromatic heterocycles. The van der Waals surface area contributed by atoms with E-state index in [4.69, 9.17) is 9.84 Å². The number of amides is 1. The summed E-state index contributed by atoms with van der Waals surface area (Å²) in [4.78, 5) is 23.6. The first-order valence-corrected chi connectivity index (χ1v) is 7.29. The van der Waals surface area contributed by atoms with Crippen LogP contribution in [0.2, 0.25) is 0 Å². The number of nitrogens with one attached hydrogen (secondary N) is 1. The Bertz CT molecular complexity index is 505. The summed E-state index contributed by atoms with van der Waals surface area (Å²) in [5, 5.41) is 11.7. The molecule has 2 N–H and O–H groups in total. The first-order valence-electron chi connectivity index (χ1n) is 5.73. The summed E-state index contributed by atoms with van der Waals surface area (Å²) >= 11 is 4.58. The smallest absolute Gasteiger partial charge is 0.307 e. The second-order valence-electron chi connectivity index (χ2n) is 4.28. The molecule has 2 rings (SSSR count). The minimum Gasteiger partial charge on any atom is -0.481 e. The van der Waals surface area contributed by atoms with Crippen LogP contribution in [0.1, 0.15) is 17.7 Å². The van der Waals surface area contributed by atoms with Crippen molar-refractivity contribution in [1.82, 2.24) is 9.69 Å². The van der Waals surface area contributed by atoms with Crippen LogP contribution in [0, 0.1) is 11.8 Å². The van der Waals surface area contributed by atoms with Crippen molar-refractivity contribution >= 4 is 39.3 Å². The van der Waals surface area contributed by atoms with E-state index in [-0.39, 0.29) is 5.91 Å². The van der Waals surface area contributed by atoms with Gasteiger partial charge in [-0.2, -0.15) is 4.37 Å². The Balaban J connectivity index is 1.90. The van der Waals surface area contributed by atoms with Gasteiger partial charge in [-0.05, 0) is 40.3 Å². The van der Waals surface area contributed by atoms with Crippen LogP contribution in [0.3, 0.4) is 0 Å². The Morgan fingerprint density at radius 2 is 2.21 bits per heavy atom. The number of halogens is 1. The van der Waals surface area contributed by atoms with E-state index in [9.17, 15) is 9.59 Å². The van der Waals surface area contributed by atoms with Gasteiger partial charge in [0.25, 0.3) is 0 Å². The fourth-order valence-corrected chi connectivity index (χ4v) is 3.33. The molecule has 1 amide bonds. The molecule has 19 heavy (non-hydrogen) atoms. The molecule has 1 aliphatic rings. The number of hydrogen-bond donors (Lipinski definition) is 2. The Labute approximate surface area is 122 Å². The molecule has 1 heterocycles. The molecule has 0 aliphatic heterocycles. The van der Waals surface area contributed by atoms with Crippen molar-refractivity contribution in [2.45, 2.75) is 19.4 Å². The van der Waals surface area contributed by atoms with Gasteiger partial charge in [0.2, 0.25) is 11.8 Å². The number of aromatic nitrogens is 1. The van der Waals surface area contributed by atoms with Crippen molar-refractivity contribution in [3.63, 3.8) is 0 Å². The SMILES string of the molecule is COc1nsc(CNC(=O)[C@@H]2CC[C@@H]2C(=O)O)c1Br. The number of methoxy groups -OCH3 is 1. The van der Waals surface area contributed by atoms with Gasteiger partial charge in [-0.25, -0.2) is 0 Å². The van der Waals surface area contributed by atoms with Crippen LogP contribution < -0.4 is 10.1 Å². The van der Waals surface area contributed by atoms with Gasteiger partial charge in [-0.3, -0.25) is 9.59 Å². The Hall–Kier alpha value is -1.15. The van der Waals surface area contributed by atoms with Crippen molar-refractivity contribution < 1.29 is 19.4 Å². The number of hydrogen-bond acceptors (Lipinski definition) is 5. The zero-order valence-corrected chi connectivity index (χ0v) is 12.6. The number of carbonyl (C=O) groups is 2. The summed E-state index contributed by atoms with van der Waals surface area (Å²) in [5.74, 6) is -1.57. The standard InChI is InChI=1S/C11H13BrN2O4S/c1-18-10-8(12)7(19-14-10)4-13-9(15)5-2-3-6(5)11(16)17/h5-6H,2-4H2,1H3,(H,13,15)(H,16,17)/t5-,6+/m1/s1. The second-order valence-corrected chi connectivity index (χ2v) is 5.93. The quantitative estimate of drug-likeness (QED) is 0.844. The van der Waals surface area contributed by atoms with E-state index in [1.807, 2.05) is 0 Å². The number of ether oxygens (including phenoxy) is 1. The number of carboxylic acids is 1. The van der Waals surface area contributed by atoms with E-state index in [0.29, 0.717) is 25.3 Å². The highest BCUT2D eigenvalue weighted by atomic mass is 79.9. The third-order valence-electron chi connectivity index (χ3n) is 3.22. The van der Waals surface area contributed by atoms with Crippen molar-refractivity contribution in [3.05, 3.63) is 9.35 Å². The molecule has 1 aromatic rings. The molecule has 0 saturated heterocycles. The molecule has 104 valence electrons. The van der Waals surface area contributed by atoms with Gasteiger partial charge in [-0.15, -0.1) is 0 Å². The summed E-state index contributed by atoms with van der Waals surface area (Å²) in [7, 11) is 1.52. The summed E-state index contributed by atoms with van der Waals surface area (Å²) < 4.78 is 9.81. The second kappa shape index (κ2) is 5.87. The van der Waals surface area contributed by atoms with Crippen LogP contribution >= 0.6 is 27.5 Å². The van der Waals surface area contributed by atoms with Crippen molar-refractivity contribution in [3.8, 4) is 5.88 Å². The molecule has 0 aromatic carbocycles. The lowest BCUT2D eigenvalue weighted by Crippen LogP contribution is -2.43. The molecular formula is C11H13BrN2O4S. The van der Waals surface area contributed by atoms with Gasteiger partial charge < -0.3 is 15.2 Å². The van der Waals surface area contributed by atoms with Crippen LogP contribution in [0.5, 0.6) is 5.88 Å². The van der Waals surface area contributed by atoms with E-state index in [2.05, 4.69) is 25.6 Å². The van der Waals surface area contributed by atoms with Crippen LogP contribution in [0.25, 0.3) is 0 Å². The molecule has 2 atom stereocenters. The molecule has 0 unspecified atom stereocenters. The first-order chi connectivity index (χ1) is 9.04. The summed E-state index contributed by atoms with van der Waals surface area (Å²) in [6.45, 7) is 0.323. The third-order valence-corrected chi connectivity index (χ3v) is 5.12. The fraction of sp³-hybridized carbons (Fsp3) is 0.545. The van der Waals surface area contributed by atoms with Crippen molar-refractivity contribution in [2.24, 2.45) is 11.8 Å². The zero-order chi connectivity index (χ0) is 14.0. The molecule has 1 aliphatic carbocycles. The van der Waals surface area contributed by atoms with E-state index in [1.54, 1.807) is 0 Å². The fourth-order valence-electron chi connectivity index (χ4n) is 1.94.